The van der Waals surface area contributed by atoms with Crippen molar-refractivity contribution in [3.05, 3.63) is 59.2 Å². The fourth-order valence-electron chi connectivity index (χ4n) is 3.08. The van der Waals surface area contributed by atoms with Gasteiger partial charge in [-0.1, -0.05) is 12.1 Å². The Morgan fingerprint density at radius 3 is 2.57 bits per heavy atom. The van der Waals surface area contributed by atoms with Crippen molar-refractivity contribution < 1.29 is 23.9 Å². The highest BCUT2D eigenvalue weighted by Crippen LogP contribution is 2.22. The lowest BCUT2D eigenvalue weighted by Crippen LogP contribution is -2.37. The maximum Gasteiger partial charge on any atom is 0.338 e. The molecule has 8 heteroatoms. The van der Waals surface area contributed by atoms with Crippen molar-refractivity contribution in [2.75, 3.05) is 23.4 Å². The number of rotatable bonds is 5. The lowest BCUT2D eigenvalue weighted by atomic mass is 10.1. The molecule has 1 fully saturated rings. The van der Waals surface area contributed by atoms with Gasteiger partial charge in [0.15, 0.2) is 6.61 Å². The average Bonchev–Trinajstić information content (AvgIpc) is 3.15. The van der Waals surface area contributed by atoms with Crippen LogP contribution in [0.15, 0.2) is 42.5 Å². The second-order valence-corrected chi connectivity index (χ2v) is 7.08. The number of urea groups is 1. The molecule has 2 N–H and O–H groups in total. The van der Waals surface area contributed by atoms with E-state index in [1.54, 1.807) is 35.2 Å². The van der Waals surface area contributed by atoms with Crippen molar-refractivity contribution in [3.8, 4) is 0 Å². The van der Waals surface area contributed by atoms with Crippen molar-refractivity contribution in [1.82, 2.24) is 5.32 Å². The van der Waals surface area contributed by atoms with E-state index in [0.717, 1.165) is 17.5 Å². The molecule has 1 aliphatic rings. The lowest BCUT2D eigenvalue weighted by molar-refractivity contribution is -0.123. The second kappa shape index (κ2) is 9.21. The summed E-state index contributed by atoms with van der Waals surface area (Å²) in [5, 5.41) is 4.67. The largest absolute Gasteiger partial charge is 0.452 e. The summed E-state index contributed by atoms with van der Waals surface area (Å²) in [4.78, 5) is 49.6. The summed E-state index contributed by atoms with van der Waals surface area (Å²) in [5.74, 6) is -1.46. The van der Waals surface area contributed by atoms with E-state index in [-0.39, 0.29) is 11.5 Å². The maximum absolute atomic E-state index is 12.2. The van der Waals surface area contributed by atoms with Crippen LogP contribution in [0.4, 0.5) is 16.2 Å². The van der Waals surface area contributed by atoms with E-state index in [9.17, 15) is 19.2 Å². The molecule has 0 atom stereocenters. The Balaban J connectivity index is 1.50. The van der Waals surface area contributed by atoms with Gasteiger partial charge < -0.3 is 15.0 Å². The molecule has 0 aromatic heterocycles. The van der Waals surface area contributed by atoms with Gasteiger partial charge >= 0.3 is 12.0 Å². The average molecular weight is 409 g/mol. The van der Waals surface area contributed by atoms with Gasteiger partial charge in [-0.2, -0.15) is 0 Å². The molecule has 1 heterocycles. The fourth-order valence-corrected chi connectivity index (χ4v) is 3.08. The number of aryl methyl sites for hydroxylation is 2. The van der Waals surface area contributed by atoms with Crippen LogP contribution in [0.5, 0.6) is 0 Å². The summed E-state index contributed by atoms with van der Waals surface area (Å²) in [7, 11) is 0. The number of hydrogen-bond acceptors (Lipinski definition) is 5. The standard InChI is InChI=1S/C22H23N3O5/c1-14-8-9-17(11-15(14)2)23-22(29)24-19(26)13-30-21(28)16-5-3-6-18(12-16)25-10-4-7-20(25)27/h3,5-6,8-9,11-12H,4,7,10,13H2,1-2H3,(H2,23,24,26,29). The second-order valence-electron chi connectivity index (χ2n) is 7.08. The Bertz CT molecular complexity index is 1000. The molecule has 2 aromatic carbocycles. The highest BCUT2D eigenvalue weighted by molar-refractivity contribution is 6.02. The number of nitrogens with one attached hydrogen (secondary N) is 2. The van der Waals surface area contributed by atoms with Gasteiger partial charge in [-0.3, -0.25) is 14.9 Å². The third-order valence-electron chi connectivity index (χ3n) is 4.82. The van der Waals surface area contributed by atoms with E-state index in [2.05, 4.69) is 10.6 Å². The van der Waals surface area contributed by atoms with Crippen LogP contribution in [0.2, 0.25) is 0 Å². The minimum Gasteiger partial charge on any atom is -0.452 e. The first kappa shape index (κ1) is 21.0. The van der Waals surface area contributed by atoms with Gasteiger partial charge in [0.2, 0.25) is 5.91 Å². The molecule has 0 bridgehead atoms. The zero-order valence-corrected chi connectivity index (χ0v) is 16.9. The van der Waals surface area contributed by atoms with Crippen LogP contribution < -0.4 is 15.5 Å². The van der Waals surface area contributed by atoms with Crippen molar-refractivity contribution in [2.45, 2.75) is 26.7 Å². The number of carbonyl (C=O) groups is 4. The molecule has 0 spiro atoms. The molecule has 156 valence electrons. The van der Waals surface area contributed by atoms with Crippen LogP contribution in [-0.4, -0.2) is 37.0 Å². The van der Waals surface area contributed by atoms with Crippen LogP contribution in [0.25, 0.3) is 0 Å². The Morgan fingerprint density at radius 1 is 1.07 bits per heavy atom. The smallest absolute Gasteiger partial charge is 0.338 e. The Kier molecular flexibility index (Phi) is 6.46. The van der Waals surface area contributed by atoms with Crippen molar-refractivity contribution in [1.29, 1.82) is 0 Å². The highest BCUT2D eigenvalue weighted by atomic mass is 16.5. The zero-order chi connectivity index (χ0) is 21.7. The molecule has 30 heavy (non-hydrogen) atoms. The topological polar surface area (TPSA) is 105 Å². The zero-order valence-electron chi connectivity index (χ0n) is 16.9. The molecular formula is C22H23N3O5. The number of anilines is 2. The Labute approximate surface area is 174 Å². The molecular weight excluding hydrogens is 386 g/mol. The first-order chi connectivity index (χ1) is 14.3. The summed E-state index contributed by atoms with van der Waals surface area (Å²) >= 11 is 0. The van der Waals surface area contributed by atoms with Crippen molar-refractivity contribution in [2.24, 2.45) is 0 Å². The molecule has 0 aliphatic carbocycles. The van der Waals surface area contributed by atoms with Gasteiger partial charge in [0.05, 0.1) is 5.56 Å². The van der Waals surface area contributed by atoms with E-state index in [1.165, 1.54) is 6.07 Å². The van der Waals surface area contributed by atoms with Gasteiger partial charge in [-0.15, -0.1) is 0 Å². The molecule has 2 aromatic rings. The summed E-state index contributed by atoms with van der Waals surface area (Å²) in [5.41, 5.74) is 3.48. The van der Waals surface area contributed by atoms with Crippen molar-refractivity contribution >= 4 is 35.2 Å². The minimum absolute atomic E-state index is 0.00896. The van der Waals surface area contributed by atoms with Gasteiger partial charge in [-0.05, 0) is 61.7 Å². The number of hydrogen-bond donors (Lipinski definition) is 2. The summed E-state index contributed by atoms with van der Waals surface area (Å²) in [6, 6.07) is 11.1. The van der Waals surface area contributed by atoms with E-state index < -0.39 is 24.5 Å². The fraction of sp³-hybridized carbons (Fsp3) is 0.273. The number of amides is 4. The Morgan fingerprint density at radius 2 is 1.87 bits per heavy atom. The van der Waals surface area contributed by atoms with Gasteiger partial charge in [0.25, 0.3) is 5.91 Å². The van der Waals surface area contributed by atoms with Crippen molar-refractivity contribution in [3.63, 3.8) is 0 Å². The molecule has 8 nitrogen and oxygen atoms in total. The normalized spacial score (nSPS) is 13.1. The quantitative estimate of drug-likeness (QED) is 0.739. The molecule has 4 amide bonds. The summed E-state index contributed by atoms with van der Waals surface area (Å²) in [6.07, 6.45) is 1.26. The van der Waals surface area contributed by atoms with Crippen LogP contribution in [-0.2, 0) is 14.3 Å². The summed E-state index contributed by atoms with van der Waals surface area (Å²) in [6.45, 7) is 3.87. The van der Waals surface area contributed by atoms with Crippen LogP contribution >= 0.6 is 0 Å². The first-order valence-electron chi connectivity index (χ1n) is 9.59. The molecule has 3 rings (SSSR count). The number of carbonyl (C=O) groups excluding carboxylic acids is 4. The lowest BCUT2D eigenvalue weighted by Gasteiger charge is -2.16. The number of ether oxygens (including phenoxy) is 1. The van der Waals surface area contributed by atoms with Crippen LogP contribution in [0.3, 0.4) is 0 Å². The molecule has 1 saturated heterocycles. The van der Waals surface area contributed by atoms with Crippen LogP contribution in [0.1, 0.15) is 34.3 Å². The monoisotopic (exact) mass is 409 g/mol. The van der Waals surface area contributed by atoms with Gasteiger partial charge in [0, 0.05) is 24.3 Å². The molecule has 0 saturated carbocycles. The van der Waals surface area contributed by atoms with E-state index in [4.69, 9.17) is 4.74 Å². The first-order valence-corrected chi connectivity index (χ1v) is 9.59. The number of nitrogens with zero attached hydrogens (tertiary/aromatic N) is 1. The SMILES string of the molecule is Cc1ccc(NC(=O)NC(=O)COC(=O)c2cccc(N3CCCC3=O)c2)cc1C. The van der Waals surface area contributed by atoms with E-state index >= 15 is 0 Å². The number of imide groups is 1. The third-order valence-corrected chi connectivity index (χ3v) is 4.82. The number of esters is 1. The Hall–Kier alpha value is -3.68. The van der Waals surface area contributed by atoms with Crippen LogP contribution in [0, 0.1) is 13.8 Å². The van der Waals surface area contributed by atoms with E-state index in [1.807, 2.05) is 19.9 Å². The van der Waals surface area contributed by atoms with E-state index in [0.29, 0.717) is 24.3 Å². The summed E-state index contributed by atoms with van der Waals surface area (Å²) < 4.78 is 4.99. The molecule has 1 aliphatic heterocycles. The van der Waals surface area contributed by atoms with Gasteiger partial charge in [-0.25, -0.2) is 9.59 Å². The maximum atomic E-state index is 12.2. The minimum atomic E-state index is -0.754. The molecule has 0 unspecified atom stereocenters. The third kappa shape index (κ3) is 5.22. The highest BCUT2D eigenvalue weighted by Gasteiger charge is 2.22. The molecule has 0 radical (unpaired) electrons. The predicted molar refractivity (Wildman–Crippen MR) is 111 cm³/mol. The predicted octanol–water partition coefficient (Wildman–Crippen LogP) is 2.94. The van der Waals surface area contributed by atoms with Gasteiger partial charge in [0.1, 0.15) is 0 Å². The number of benzene rings is 2.